The fraction of sp³-hybridized carbons (Fsp3) is 0.133. The van der Waals surface area contributed by atoms with Gasteiger partial charge in [0.1, 0.15) is 10.7 Å². The Morgan fingerprint density at radius 2 is 1.90 bits per heavy atom. The highest BCUT2D eigenvalue weighted by Gasteiger charge is 2.12. The molecule has 0 radical (unpaired) electrons. The molecule has 0 aliphatic rings. The summed E-state index contributed by atoms with van der Waals surface area (Å²) in [6.45, 7) is 1.85. The Kier molecular flexibility index (Phi) is 3.28. The zero-order valence-electron chi connectivity index (χ0n) is 11.2. The molecule has 2 aromatic heterocycles. The third-order valence-electron chi connectivity index (χ3n) is 3.01. The molecule has 0 saturated heterocycles. The van der Waals surface area contributed by atoms with E-state index in [1.165, 1.54) is 11.8 Å². The monoisotopic (exact) mass is 283 g/mol. The zero-order chi connectivity index (χ0) is 14.1. The Labute approximate surface area is 120 Å². The van der Waals surface area contributed by atoms with E-state index in [2.05, 4.69) is 15.0 Å². The van der Waals surface area contributed by atoms with Crippen molar-refractivity contribution in [2.45, 2.75) is 11.9 Å². The summed E-state index contributed by atoms with van der Waals surface area (Å²) in [5.74, 6) is 0.628. The van der Waals surface area contributed by atoms with E-state index < -0.39 is 0 Å². The number of pyridine rings is 1. The second-order valence-corrected chi connectivity index (χ2v) is 5.26. The van der Waals surface area contributed by atoms with Gasteiger partial charge in [-0.15, -0.1) is 11.8 Å². The maximum atomic E-state index is 12.1. The van der Waals surface area contributed by atoms with Crippen molar-refractivity contribution in [3.8, 4) is 11.4 Å². The number of nitrogens with one attached hydrogen (secondary N) is 1. The third-order valence-corrected chi connectivity index (χ3v) is 3.69. The van der Waals surface area contributed by atoms with E-state index in [-0.39, 0.29) is 5.43 Å². The van der Waals surface area contributed by atoms with Crippen molar-refractivity contribution >= 4 is 22.8 Å². The number of H-pyrrole nitrogens is 1. The SMILES string of the molecule is CSc1nc(-c2ccccc2)nc2[nH]c(C)cc(=O)c12. The molecule has 1 aromatic carbocycles. The fourth-order valence-electron chi connectivity index (χ4n) is 2.11. The molecule has 2 heterocycles. The van der Waals surface area contributed by atoms with Crippen molar-refractivity contribution in [1.82, 2.24) is 15.0 Å². The Morgan fingerprint density at radius 1 is 1.15 bits per heavy atom. The van der Waals surface area contributed by atoms with E-state index in [9.17, 15) is 4.79 Å². The van der Waals surface area contributed by atoms with Crippen LogP contribution in [0, 0.1) is 6.92 Å². The molecule has 0 amide bonds. The lowest BCUT2D eigenvalue weighted by molar-refractivity contribution is 1.07. The van der Waals surface area contributed by atoms with Gasteiger partial charge in [0.2, 0.25) is 0 Å². The molecule has 5 heteroatoms. The van der Waals surface area contributed by atoms with Gasteiger partial charge >= 0.3 is 0 Å². The van der Waals surface area contributed by atoms with Crippen LogP contribution in [0.15, 0.2) is 46.2 Å². The van der Waals surface area contributed by atoms with Crippen LogP contribution in [0.2, 0.25) is 0 Å². The third kappa shape index (κ3) is 2.20. The average Bonchev–Trinajstić information content (AvgIpc) is 2.46. The molecule has 3 rings (SSSR count). The topological polar surface area (TPSA) is 58.6 Å². The lowest BCUT2D eigenvalue weighted by atomic mass is 10.2. The van der Waals surface area contributed by atoms with Gasteiger partial charge in [0.25, 0.3) is 0 Å². The number of aromatic amines is 1. The highest BCUT2D eigenvalue weighted by atomic mass is 32.2. The van der Waals surface area contributed by atoms with Gasteiger partial charge in [0.15, 0.2) is 11.3 Å². The van der Waals surface area contributed by atoms with Gasteiger partial charge in [0, 0.05) is 17.3 Å². The normalized spacial score (nSPS) is 10.9. The molecule has 20 heavy (non-hydrogen) atoms. The largest absolute Gasteiger partial charge is 0.343 e. The minimum Gasteiger partial charge on any atom is -0.343 e. The summed E-state index contributed by atoms with van der Waals surface area (Å²) in [7, 11) is 0. The minimum absolute atomic E-state index is 0.0415. The molecule has 0 bridgehead atoms. The molecule has 0 aliphatic heterocycles. The quantitative estimate of drug-likeness (QED) is 0.580. The summed E-state index contributed by atoms with van der Waals surface area (Å²) >= 11 is 1.46. The molecule has 3 aromatic rings. The maximum Gasteiger partial charge on any atom is 0.194 e. The Bertz CT molecular complexity index is 828. The summed E-state index contributed by atoms with van der Waals surface area (Å²) in [5.41, 5.74) is 2.28. The number of aromatic nitrogens is 3. The summed E-state index contributed by atoms with van der Waals surface area (Å²) in [5, 5.41) is 1.26. The first kappa shape index (κ1) is 12.9. The predicted octanol–water partition coefficient (Wildman–Crippen LogP) is 3.02. The average molecular weight is 283 g/mol. The maximum absolute atomic E-state index is 12.1. The molecule has 0 atom stereocenters. The van der Waals surface area contributed by atoms with Gasteiger partial charge in [-0.2, -0.15) is 0 Å². The van der Waals surface area contributed by atoms with Crippen LogP contribution in [0.3, 0.4) is 0 Å². The summed E-state index contributed by atoms with van der Waals surface area (Å²) in [6, 6.07) is 11.3. The molecule has 0 unspecified atom stereocenters. The van der Waals surface area contributed by atoms with Gasteiger partial charge in [-0.3, -0.25) is 4.79 Å². The molecule has 0 aliphatic carbocycles. The van der Waals surface area contributed by atoms with Crippen molar-refractivity contribution in [3.05, 3.63) is 52.3 Å². The second-order valence-electron chi connectivity index (χ2n) is 4.46. The fourth-order valence-corrected chi connectivity index (χ4v) is 2.69. The molecular formula is C15H13N3OS. The van der Waals surface area contributed by atoms with Crippen molar-refractivity contribution in [3.63, 3.8) is 0 Å². The number of hydrogen-bond donors (Lipinski definition) is 1. The van der Waals surface area contributed by atoms with E-state index in [0.29, 0.717) is 21.9 Å². The van der Waals surface area contributed by atoms with Gasteiger partial charge in [0.05, 0.1) is 5.39 Å². The van der Waals surface area contributed by atoms with Gasteiger partial charge in [-0.1, -0.05) is 30.3 Å². The molecule has 0 spiro atoms. The number of rotatable bonds is 2. The van der Waals surface area contributed by atoms with Crippen LogP contribution >= 0.6 is 11.8 Å². The number of nitrogens with zero attached hydrogens (tertiary/aromatic N) is 2. The van der Waals surface area contributed by atoms with Crippen LogP contribution in [-0.2, 0) is 0 Å². The Balaban J connectivity index is 2.35. The smallest absolute Gasteiger partial charge is 0.194 e. The molecular weight excluding hydrogens is 270 g/mol. The number of thioether (sulfide) groups is 1. The van der Waals surface area contributed by atoms with Crippen molar-refractivity contribution in [1.29, 1.82) is 0 Å². The van der Waals surface area contributed by atoms with E-state index >= 15 is 0 Å². The number of fused-ring (bicyclic) bond motifs is 1. The first-order valence-electron chi connectivity index (χ1n) is 6.20. The van der Waals surface area contributed by atoms with Gasteiger partial charge in [-0.05, 0) is 13.2 Å². The van der Waals surface area contributed by atoms with Crippen molar-refractivity contribution in [2.24, 2.45) is 0 Å². The van der Waals surface area contributed by atoms with Crippen LogP contribution in [-0.4, -0.2) is 21.2 Å². The second kappa shape index (κ2) is 5.09. The minimum atomic E-state index is -0.0415. The van der Waals surface area contributed by atoms with E-state index in [1.807, 2.05) is 43.5 Å². The van der Waals surface area contributed by atoms with Crippen LogP contribution < -0.4 is 5.43 Å². The molecule has 100 valence electrons. The highest BCUT2D eigenvalue weighted by molar-refractivity contribution is 7.98. The number of hydrogen-bond acceptors (Lipinski definition) is 4. The number of aryl methyl sites for hydroxylation is 1. The summed E-state index contributed by atoms with van der Waals surface area (Å²) in [6.07, 6.45) is 1.91. The summed E-state index contributed by atoms with van der Waals surface area (Å²) < 4.78 is 0. The highest BCUT2D eigenvalue weighted by Crippen LogP contribution is 2.24. The lowest BCUT2D eigenvalue weighted by Crippen LogP contribution is -2.08. The van der Waals surface area contributed by atoms with E-state index in [1.54, 1.807) is 6.07 Å². The molecule has 4 nitrogen and oxygen atoms in total. The van der Waals surface area contributed by atoms with Gasteiger partial charge in [-0.25, -0.2) is 9.97 Å². The lowest BCUT2D eigenvalue weighted by Gasteiger charge is -2.07. The van der Waals surface area contributed by atoms with Crippen molar-refractivity contribution < 1.29 is 0 Å². The molecule has 1 N–H and O–H groups in total. The van der Waals surface area contributed by atoms with E-state index in [0.717, 1.165) is 11.3 Å². The van der Waals surface area contributed by atoms with Crippen LogP contribution in [0.1, 0.15) is 5.69 Å². The van der Waals surface area contributed by atoms with Crippen LogP contribution in [0.25, 0.3) is 22.4 Å². The van der Waals surface area contributed by atoms with Gasteiger partial charge < -0.3 is 4.98 Å². The summed E-state index contributed by atoms with van der Waals surface area (Å²) in [4.78, 5) is 24.3. The Morgan fingerprint density at radius 3 is 2.60 bits per heavy atom. The Hall–Kier alpha value is -2.14. The van der Waals surface area contributed by atoms with Crippen LogP contribution in [0.4, 0.5) is 0 Å². The van der Waals surface area contributed by atoms with Crippen molar-refractivity contribution in [2.75, 3.05) is 6.26 Å². The molecule has 0 fully saturated rings. The standard InChI is InChI=1S/C15H13N3OS/c1-9-8-11(19)12-14(16-9)17-13(18-15(12)20-2)10-6-4-3-5-7-10/h3-8H,1-2H3,(H,16,17,18,19). The zero-order valence-corrected chi connectivity index (χ0v) is 12.0. The first-order chi connectivity index (χ1) is 9.69. The first-order valence-corrected chi connectivity index (χ1v) is 7.42. The van der Waals surface area contributed by atoms with E-state index in [4.69, 9.17) is 0 Å². The number of benzene rings is 1. The predicted molar refractivity (Wildman–Crippen MR) is 82.1 cm³/mol. The van der Waals surface area contributed by atoms with Crippen LogP contribution in [0.5, 0.6) is 0 Å². The molecule has 0 saturated carbocycles.